The zero-order chi connectivity index (χ0) is 19.3. The predicted octanol–water partition coefficient (Wildman–Crippen LogP) is 4.28. The molecule has 0 aliphatic carbocycles. The van der Waals surface area contributed by atoms with Gasteiger partial charge in [0.1, 0.15) is 17.2 Å². The highest BCUT2D eigenvalue weighted by atomic mass is 32.2. The molecule has 0 unspecified atom stereocenters. The van der Waals surface area contributed by atoms with E-state index in [0.29, 0.717) is 17.1 Å². The zero-order valence-electron chi connectivity index (χ0n) is 15.2. The number of anilines is 1. The summed E-state index contributed by atoms with van der Waals surface area (Å²) in [6.45, 7) is 0. The molecule has 0 saturated heterocycles. The lowest BCUT2D eigenvalue weighted by atomic mass is 10.2. The standard InChI is InChI=1S/C21H18N4O2S/c1-27-17-9-10-22-19(12-17)24-21(26)15-5-7-18(8-6-15)28-14-16-13-25-11-3-2-4-20(25)23-16/h2-13H,14H2,1H3,(H,22,24,26). The van der Waals surface area contributed by atoms with Gasteiger partial charge in [-0.05, 0) is 42.5 Å². The van der Waals surface area contributed by atoms with Crippen molar-refractivity contribution in [3.05, 3.63) is 84.4 Å². The van der Waals surface area contributed by atoms with Crippen molar-refractivity contribution in [1.82, 2.24) is 14.4 Å². The van der Waals surface area contributed by atoms with Crippen LogP contribution >= 0.6 is 11.8 Å². The van der Waals surface area contributed by atoms with E-state index in [1.165, 1.54) is 0 Å². The van der Waals surface area contributed by atoms with E-state index in [9.17, 15) is 4.79 Å². The Morgan fingerprint density at radius 3 is 2.82 bits per heavy atom. The van der Waals surface area contributed by atoms with Gasteiger partial charge in [0, 0.05) is 40.9 Å². The van der Waals surface area contributed by atoms with E-state index < -0.39 is 0 Å². The number of hydrogen-bond acceptors (Lipinski definition) is 5. The maximum Gasteiger partial charge on any atom is 0.256 e. The van der Waals surface area contributed by atoms with Crippen LogP contribution in [0.5, 0.6) is 5.75 Å². The fraction of sp³-hybridized carbons (Fsp3) is 0.0952. The van der Waals surface area contributed by atoms with Crippen LogP contribution in [0.1, 0.15) is 16.1 Å². The van der Waals surface area contributed by atoms with Crippen molar-refractivity contribution >= 4 is 29.1 Å². The van der Waals surface area contributed by atoms with Crippen LogP contribution in [0.25, 0.3) is 5.65 Å². The minimum Gasteiger partial charge on any atom is -0.497 e. The number of ether oxygens (including phenoxy) is 1. The van der Waals surface area contributed by atoms with Crippen LogP contribution < -0.4 is 10.1 Å². The van der Waals surface area contributed by atoms with Gasteiger partial charge in [-0.25, -0.2) is 9.97 Å². The summed E-state index contributed by atoms with van der Waals surface area (Å²) in [6, 6.07) is 16.8. The summed E-state index contributed by atoms with van der Waals surface area (Å²) in [5.41, 5.74) is 2.53. The van der Waals surface area contributed by atoms with Crippen molar-refractivity contribution in [1.29, 1.82) is 0 Å². The van der Waals surface area contributed by atoms with Gasteiger partial charge in [0.25, 0.3) is 5.91 Å². The Hall–Kier alpha value is -3.32. The summed E-state index contributed by atoms with van der Waals surface area (Å²) in [7, 11) is 1.57. The van der Waals surface area contributed by atoms with Crippen LogP contribution in [0, 0.1) is 0 Å². The third kappa shape index (κ3) is 4.15. The molecular weight excluding hydrogens is 372 g/mol. The van der Waals surface area contributed by atoms with Gasteiger partial charge in [-0.15, -0.1) is 11.8 Å². The molecule has 0 atom stereocenters. The van der Waals surface area contributed by atoms with E-state index in [0.717, 1.165) is 22.0 Å². The first-order chi connectivity index (χ1) is 13.7. The molecule has 140 valence electrons. The van der Waals surface area contributed by atoms with Crippen molar-refractivity contribution in [3.8, 4) is 5.75 Å². The summed E-state index contributed by atoms with van der Waals surface area (Å²) in [6.07, 6.45) is 5.61. The Labute approximate surface area is 166 Å². The summed E-state index contributed by atoms with van der Waals surface area (Å²) in [5.74, 6) is 1.65. The molecule has 0 fully saturated rings. The first-order valence-electron chi connectivity index (χ1n) is 8.68. The fourth-order valence-electron chi connectivity index (χ4n) is 2.71. The highest BCUT2D eigenvalue weighted by molar-refractivity contribution is 7.98. The average Bonchev–Trinajstić information content (AvgIpc) is 3.16. The number of benzene rings is 1. The van der Waals surface area contributed by atoms with E-state index in [1.54, 1.807) is 37.2 Å². The molecule has 0 spiro atoms. The topological polar surface area (TPSA) is 68.5 Å². The van der Waals surface area contributed by atoms with Crippen LogP contribution in [0.4, 0.5) is 5.82 Å². The summed E-state index contributed by atoms with van der Waals surface area (Å²) >= 11 is 1.68. The number of carbonyl (C=O) groups excluding carboxylic acids is 1. The van der Waals surface area contributed by atoms with Crippen LogP contribution in [0.15, 0.2) is 78.1 Å². The van der Waals surface area contributed by atoms with Gasteiger partial charge in [-0.3, -0.25) is 4.79 Å². The normalized spacial score (nSPS) is 10.8. The molecular formula is C21H18N4O2S. The number of carbonyl (C=O) groups is 1. The SMILES string of the molecule is COc1ccnc(NC(=O)c2ccc(SCc3cn4ccccc4n3)cc2)c1. The number of imidazole rings is 1. The van der Waals surface area contributed by atoms with Crippen molar-refractivity contribution in [3.63, 3.8) is 0 Å². The second kappa shape index (κ2) is 8.14. The molecule has 0 bridgehead atoms. The van der Waals surface area contributed by atoms with Crippen LogP contribution in [-0.4, -0.2) is 27.4 Å². The number of thioether (sulfide) groups is 1. The van der Waals surface area contributed by atoms with Crippen molar-refractivity contribution in [2.45, 2.75) is 10.6 Å². The molecule has 3 aromatic heterocycles. The third-order valence-electron chi connectivity index (χ3n) is 4.13. The van der Waals surface area contributed by atoms with Crippen molar-refractivity contribution < 1.29 is 9.53 Å². The quantitative estimate of drug-likeness (QED) is 0.498. The van der Waals surface area contributed by atoms with Crippen LogP contribution in [-0.2, 0) is 5.75 Å². The Morgan fingerprint density at radius 2 is 2.04 bits per heavy atom. The van der Waals surface area contributed by atoms with E-state index in [4.69, 9.17) is 4.74 Å². The van der Waals surface area contributed by atoms with Crippen LogP contribution in [0.2, 0.25) is 0 Å². The van der Waals surface area contributed by atoms with E-state index in [2.05, 4.69) is 15.3 Å². The van der Waals surface area contributed by atoms with Crippen molar-refractivity contribution in [2.75, 3.05) is 12.4 Å². The van der Waals surface area contributed by atoms with Crippen molar-refractivity contribution in [2.24, 2.45) is 0 Å². The molecule has 28 heavy (non-hydrogen) atoms. The Bertz CT molecular complexity index is 1080. The average molecular weight is 390 g/mol. The molecule has 7 heteroatoms. The Balaban J connectivity index is 1.38. The molecule has 0 radical (unpaired) electrons. The molecule has 4 aromatic rings. The van der Waals surface area contributed by atoms with Gasteiger partial charge in [0.2, 0.25) is 0 Å². The highest BCUT2D eigenvalue weighted by Crippen LogP contribution is 2.23. The summed E-state index contributed by atoms with van der Waals surface area (Å²) < 4.78 is 7.15. The number of aromatic nitrogens is 3. The zero-order valence-corrected chi connectivity index (χ0v) is 16.0. The molecule has 0 aliphatic heterocycles. The Kier molecular flexibility index (Phi) is 5.25. The molecule has 0 saturated carbocycles. The first kappa shape index (κ1) is 18.1. The third-order valence-corrected chi connectivity index (χ3v) is 5.17. The molecule has 1 amide bonds. The fourth-order valence-corrected chi connectivity index (χ4v) is 3.49. The summed E-state index contributed by atoms with van der Waals surface area (Å²) in [4.78, 5) is 22.2. The first-order valence-corrected chi connectivity index (χ1v) is 9.67. The minimum atomic E-state index is -0.211. The minimum absolute atomic E-state index is 0.211. The molecule has 0 aliphatic rings. The lowest BCUT2D eigenvalue weighted by Gasteiger charge is -2.07. The van der Waals surface area contributed by atoms with Gasteiger partial charge in [0.05, 0.1) is 12.8 Å². The molecule has 1 aromatic carbocycles. The largest absolute Gasteiger partial charge is 0.497 e. The van der Waals surface area contributed by atoms with Gasteiger partial charge in [-0.1, -0.05) is 6.07 Å². The number of nitrogens with one attached hydrogen (secondary N) is 1. The second-order valence-corrected chi connectivity index (χ2v) is 7.10. The van der Waals surface area contributed by atoms with Crippen LogP contribution in [0.3, 0.4) is 0 Å². The lowest BCUT2D eigenvalue weighted by Crippen LogP contribution is -2.12. The van der Waals surface area contributed by atoms with E-state index in [-0.39, 0.29) is 5.91 Å². The van der Waals surface area contributed by atoms with E-state index >= 15 is 0 Å². The van der Waals surface area contributed by atoms with E-state index in [1.807, 2.05) is 59.3 Å². The number of methoxy groups -OCH3 is 1. The monoisotopic (exact) mass is 390 g/mol. The van der Waals surface area contributed by atoms with Gasteiger partial charge in [0.15, 0.2) is 0 Å². The summed E-state index contributed by atoms with van der Waals surface area (Å²) in [5, 5.41) is 2.78. The number of amides is 1. The van der Waals surface area contributed by atoms with Gasteiger partial charge < -0.3 is 14.5 Å². The smallest absolute Gasteiger partial charge is 0.256 e. The molecule has 4 rings (SSSR count). The van der Waals surface area contributed by atoms with Gasteiger partial charge >= 0.3 is 0 Å². The molecule has 1 N–H and O–H groups in total. The van der Waals surface area contributed by atoms with Gasteiger partial charge in [-0.2, -0.15) is 0 Å². The number of rotatable bonds is 6. The number of nitrogens with zero attached hydrogens (tertiary/aromatic N) is 3. The molecule has 3 heterocycles. The maximum absolute atomic E-state index is 12.4. The number of pyridine rings is 2. The molecule has 6 nitrogen and oxygen atoms in total. The Morgan fingerprint density at radius 1 is 1.18 bits per heavy atom. The predicted molar refractivity (Wildman–Crippen MR) is 110 cm³/mol. The highest BCUT2D eigenvalue weighted by Gasteiger charge is 2.08. The second-order valence-electron chi connectivity index (χ2n) is 6.05. The number of hydrogen-bond donors (Lipinski definition) is 1. The maximum atomic E-state index is 12.4. The lowest BCUT2D eigenvalue weighted by molar-refractivity contribution is 0.102. The number of fused-ring (bicyclic) bond motifs is 1.